The van der Waals surface area contributed by atoms with Gasteiger partial charge in [0.05, 0.1) is 0 Å². The van der Waals surface area contributed by atoms with E-state index in [0.29, 0.717) is 33.6 Å². The highest BCUT2D eigenvalue weighted by Gasteiger charge is 2.26. The summed E-state index contributed by atoms with van der Waals surface area (Å²) in [4.78, 5) is 11.3. The van der Waals surface area contributed by atoms with Crippen molar-refractivity contribution in [2.24, 2.45) is 5.73 Å². The quantitative estimate of drug-likeness (QED) is 0.748. The average molecular weight is 273 g/mol. The van der Waals surface area contributed by atoms with Crippen LogP contribution in [0.5, 0.6) is 0 Å². The summed E-state index contributed by atoms with van der Waals surface area (Å²) in [5.41, 5.74) is 8.44. The van der Waals surface area contributed by atoms with E-state index in [2.05, 4.69) is 0 Å². The molecule has 1 unspecified atom stereocenters. The smallest absolute Gasteiger partial charge is 0.325 e. The van der Waals surface area contributed by atoms with Crippen molar-refractivity contribution < 1.29 is 18.7 Å². The maximum Gasteiger partial charge on any atom is 0.325 e. The number of carboxylic acids is 1. The Morgan fingerprint density at radius 3 is 2.25 bits per heavy atom. The normalized spacial score (nSPS) is 13.2. The van der Waals surface area contributed by atoms with Gasteiger partial charge in [-0.3, -0.25) is 4.79 Å². The Morgan fingerprint density at radius 2 is 1.65 bits per heavy atom. The van der Waals surface area contributed by atoms with Gasteiger partial charge in [0.1, 0.15) is 28.7 Å². The molecule has 0 aliphatic carbocycles. The third-order valence-electron chi connectivity index (χ3n) is 3.57. The summed E-state index contributed by atoms with van der Waals surface area (Å²) in [6.45, 7) is 5.57. The minimum Gasteiger partial charge on any atom is -0.480 e. The Bertz CT molecular complexity index is 783. The standard InChI is InChI=1S/C15H15NO4/c1-6-4-9-8(3)13-10(5-7(2)19-13)11(14(9)20-6)12(16)15(17)18/h4-5,12H,16H2,1-3H3,(H,17,18). The van der Waals surface area contributed by atoms with Crippen LogP contribution in [0.25, 0.3) is 21.9 Å². The van der Waals surface area contributed by atoms with E-state index in [9.17, 15) is 9.90 Å². The fourth-order valence-electron chi connectivity index (χ4n) is 2.66. The van der Waals surface area contributed by atoms with E-state index in [0.717, 1.165) is 10.9 Å². The first-order valence-corrected chi connectivity index (χ1v) is 6.31. The molecule has 0 aliphatic rings. The molecule has 0 spiro atoms. The van der Waals surface area contributed by atoms with Crippen LogP contribution in [0.15, 0.2) is 21.0 Å². The largest absolute Gasteiger partial charge is 0.480 e. The van der Waals surface area contributed by atoms with Gasteiger partial charge in [0.25, 0.3) is 0 Å². The zero-order valence-electron chi connectivity index (χ0n) is 11.5. The molecule has 104 valence electrons. The Kier molecular flexibility index (Phi) is 2.62. The average Bonchev–Trinajstić information content (AvgIpc) is 2.92. The van der Waals surface area contributed by atoms with Crippen LogP contribution in [-0.4, -0.2) is 11.1 Å². The molecule has 0 amide bonds. The molecule has 3 rings (SSSR count). The number of fused-ring (bicyclic) bond motifs is 2. The summed E-state index contributed by atoms with van der Waals surface area (Å²) in [5.74, 6) is 0.335. The molecule has 5 heteroatoms. The summed E-state index contributed by atoms with van der Waals surface area (Å²) >= 11 is 0. The first-order valence-electron chi connectivity index (χ1n) is 6.31. The van der Waals surface area contributed by atoms with Gasteiger partial charge >= 0.3 is 5.97 Å². The molecule has 1 aromatic carbocycles. The van der Waals surface area contributed by atoms with Gasteiger partial charge in [0, 0.05) is 21.9 Å². The minimum absolute atomic E-state index is 0.470. The Labute approximate surface area is 115 Å². The second kappa shape index (κ2) is 4.11. The fraction of sp³-hybridized carbons (Fsp3) is 0.267. The highest BCUT2D eigenvalue weighted by molar-refractivity contribution is 6.04. The number of hydrogen-bond acceptors (Lipinski definition) is 4. The molecule has 20 heavy (non-hydrogen) atoms. The molecule has 2 aromatic heterocycles. The maximum absolute atomic E-state index is 11.3. The lowest BCUT2D eigenvalue weighted by molar-refractivity contribution is -0.138. The Hall–Kier alpha value is -2.27. The van der Waals surface area contributed by atoms with Crippen molar-refractivity contribution in [2.75, 3.05) is 0 Å². The van der Waals surface area contributed by atoms with Crippen LogP contribution in [-0.2, 0) is 4.79 Å². The van der Waals surface area contributed by atoms with Gasteiger partial charge in [-0.2, -0.15) is 0 Å². The van der Waals surface area contributed by atoms with Crippen LogP contribution in [0, 0.1) is 20.8 Å². The molecule has 5 nitrogen and oxygen atoms in total. The number of furan rings is 2. The van der Waals surface area contributed by atoms with Crippen molar-refractivity contribution in [3.63, 3.8) is 0 Å². The predicted molar refractivity (Wildman–Crippen MR) is 74.8 cm³/mol. The van der Waals surface area contributed by atoms with Gasteiger partial charge < -0.3 is 19.7 Å². The highest BCUT2D eigenvalue weighted by Crippen LogP contribution is 2.38. The molecule has 1 atom stereocenters. The van der Waals surface area contributed by atoms with Crippen LogP contribution in [0.3, 0.4) is 0 Å². The van der Waals surface area contributed by atoms with Crippen LogP contribution in [0.4, 0.5) is 0 Å². The highest BCUT2D eigenvalue weighted by atomic mass is 16.4. The van der Waals surface area contributed by atoms with Crippen LogP contribution in [0.2, 0.25) is 0 Å². The van der Waals surface area contributed by atoms with Gasteiger partial charge in [-0.15, -0.1) is 0 Å². The van der Waals surface area contributed by atoms with E-state index < -0.39 is 12.0 Å². The summed E-state index contributed by atoms with van der Waals surface area (Å²) in [7, 11) is 0. The van der Waals surface area contributed by atoms with E-state index in [1.807, 2.05) is 26.8 Å². The number of aliphatic carboxylic acids is 1. The molecule has 0 saturated heterocycles. The van der Waals surface area contributed by atoms with E-state index in [1.54, 1.807) is 6.07 Å². The van der Waals surface area contributed by atoms with Crippen molar-refractivity contribution >= 4 is 27.9 Å². The molecule has 0 aliphatic heterocycles. The van der Waals surface area contributed by atoms with Crippen molar-refractivity contribution in [1.29, 1.82) is 0 Å². The molecule has 0 saturated carbocycles. The minimum atomic E-state index is -1.15. The molecule has 0 bridgehead atoms. The molecule has 3 N–H and O–H groups in total. The number of nitrogens with two attached hydrogens (primary N) is 1. The SMILES string of the molecule is Cc1cc2c(C(N)C(=O)O)c3oc(C)cc3c(C)c2o1. The van der Waals surface area contributed by atoms with Gasteiger partial charge in [-0.25, -0.2) is 0 Å². The zero-order chi connectivity index (χ0) is 14.6. The molecular formula is C15H15NO4. The van der Waals surface area contributed by atoms with Crippen molar-refractivity contribution in [3.05, 3.63) is 34.8 Å². The van der Waals surface area contributed by atoms with Crippen LogP contribution in [0.1, 0.15) is 28.7 Å². The third-order valence-corrected chi connectivity index (χ3v) is 3.57. The van der Waals surface area contributed by atoms with E-state index in [4.69, 9.17) is 14.6 Å². The van der Waals surface area contributed by atoms with Crippen molar-refractivity contribution in [1.82, 2.24) is 0 Å². The zero-order valence-corrected chi connectivity index (χ0v) is 11.5. The number of aryl methyl sites for hydroxylation is 3. The van der Waals surface area contributed by atoms with Gasteiger partial charge in [-0.05, 0) is 32.9 Å². The summed E-state index contributed by atoms with van der Waals surface area (Å²) in [6.07, 6.45) is 0. The van der Waals surface area contributed by atoms with Crippen molar-refractivity contribution in [3.8, 4) is 0 Å². The van der Waals surface area contributed by atoms with E-state index in [1.165, 1.54) is 0 Å². The summed E-state index contributed by atoms with van der Waals surface area (Å²) in [6, 6.07) is 2.53. The number of rotatable bonds is 2. The summed E-state index contributed by atoms with van der Waals surface area (Å²) in [5, 5.41) is 10.8. The molecular weight excluding hydrogens is 258 g/mol. The van der Waals surface area contributed by atoms with Gasteiger partial charge in [-0.1, -0.05) is 0 Å². The first-order chi connectivity index (χ1) is 9.40. The Morgan fingerprint density at radius 1 is 1.10 bits per heavy atom. The summed E-state index contributed by atoms with van der Waals surface area (Å²) < 4.78 is 11.4. The third kappa shape index (κ3) is 1.63. The fourth-order valence-corrected chi connectivity index (χ4v) is 2.66. The lowest BCUT2D eigenvalue weighted by Crippen LogP contribution is -2.21. The molecule has 3 aromatic rings. The molecule has 0 fully saturated rings. The molecule has 0 radical (unpaired) electrons. The molecule has 2 heterocycles. The Balaban J connectivity index is 2.54. The maximum atomic E-state index is 11.3. The van der Waals surface area contributed by atoms with Crippen molar-refractivity contribution in [2.45, 2.75) is 26.8 Å². The number of carbonyl (C=O) groups is 1. The van der Waals surface area contributed by atoms with Gasteiger partial charge in [0.15, 0.2) is 0 Å². The second-order valence-electron chi connectivity index (χ2n) is 5.05. The number of carboxylic acid groups (broad SMARTS) is 1. The van der Waals surface area contributed by atoms with Crippen LogP contribution < -0.4 is 5.73 Å². The lowest BCUT2D eigenvalue weighted by atomic mass is 9.97. The number of benzene rings is 1. The first kappa shape index (κ1) is 12.7. The predicted octanol–water partition coefficient (Wildman–Crippen LogP) is 3.19. The van der Waals surface area contributed by atoms with E-state index >= 15 is 0 Å². The van der Waals surface area contributed by atoms with Gasteiger partial charge in [0.2, 0.25) is 0 Å². The second-order valence-corrected chi connectivity index (χ2v) is 5.05. The monoisotopic (exact) mass is 273 g/mol. The van der Waals surface area contributed by atoms with E-state index in [-0.39, 0.29) is 0 Å². The van der Waals surface area contributed by atoms with Crippen LogP contribution >= 0.6 is 0 Å². The topological polar surface area (TPSA) is 89.6 Å². The lowest BCUT2D eigenvalue weighted by Gasteiger charge is -2.10. The number of hydrogen-bond donors (Lipinski definition) is 2.